The van der Waals surface area contributed by atoms with Crippen LogP contribution in [0.5, 0.6) is 5.75 Å². The van der Waals surface area contributed by atoms with Crippen molar-refractivity contribution in [3.05, 3.63) is 64.5 Å². The van der Waals surface area contributed by atoms with Gasteiger partial charge in [0.15, 0.2) is 0 Å². The molecule has 1 heterocycles. The van der Waals surface area contributed by atoms with Crippen molar-refractivity contribution in [2.75, 3.05) is 7.11 Å². The van der Waals surface area contributed by atoms with Gasteiger partial charge in [-0.1, -0.05) is 24.3 Å². The molecule has 106 valence electrons. The smallest absolute Gasteiger partial charge is 0.344 e. The van der Waals surface area contributed by atoms with Crippen LogP contribution in [0.1, 0.15) is 5.56 Å². The first kappa shape index (κ1) is 13.4. The maximum Gasteiger partial charge on any atom is 0.344 e. The molecule has 0 saturated heterocycles. The number of benzene rings is 2. The largest absolute Gasteiger partial charge is 0.497 e. The van der Waals surface area contributed by atoms with E-state index >= 15 is 0 Å². The van der Waals surface area contributed by atoms with Crippen LogP contribution in [-0.4, -0.2) is 12.2 Å². The Morgan fingerprint density at radius 2 is 1.86 bits per heavy atom. The van der Waals surface area contributed by atoms with Gasteiger partial charge in [0, 0.05) is 11.5 Å². The van der Waals surface area contributed by atoms with Crippen molar-refractivity contribution >= 4 is 11.0 Å². The number of hydrogen-bond donors (Lipinski definition) is 1. The lowest BCUT2D eigenvalue weighted by Gasteiger charge is -2.05. The van der Waals surface area contributed by atoms with Crippen LogP contribution >= 0.6 is 0 Å². The molecule has 0 fully saturated rings. The maximum absolute atomic E-state index is 12.1. The molecule has 0 atom stereocenters. The van der Waals surface area contributed by atoms with Gasteiger partial charge in [0.1, 0.15) is 11.3 Å². The van der Waals surface area contributed by atoms with E-state index in [-0.39, 0.29) is 6.61 Å². The minimum Gasteiger partial charge on any atom is -0.497 e. The van der Waals surface area contributed by atoms with Crippen LogP contribution in [0.2, 0.25) is 0 Å². The van der Waals surface area contributed by atoms with Gasteiger partial charge in [-0.05, 0) is 29.3 Å². The Labute approximate surface area is 121 Å². The van der Waals surface area contributed by atoms with E-state index in [4.69, 9.17) is 14.3 Å². The number of methoxy groups -OCH3 is 1. The van der Waals surface area contributed by atoms with Gasteiger partial charge >= 0.3 is 5.63 Å². The predicted octanol–water partition coefficient (Wildman–Crippen LogP) is 2.96. The Bertz CT molecular complexity index is 832. The van der Waals surface area contributed by atoms with Crippen LogP contribution < -0.4 is 10.4 Å². The second-order valence-electron chi connectivity index (χ2n) is 4.71. The molecular formula is C17H14O4. The molecule has 4 nitrogen and oxygen atoms in total. The number of aliphatic hydroxyl groups is 1. The Balaban J connectivity index is 2.14. The second kappa shape index (κ2) is 5.42. The maximum atomic E-state index is 12.1. The lowest BCUT2D eigenvalue weighted by molar-refractivity contribution is 0.282. The van der Waals surface area contributed by atoms with Crippen LogP contribution in [-0.2, 0) is 6.61 Å². The van der Waals surface area contributed by atoms with Crippen molar-refractivity contribution in [3.8, 4) is 16.9 Å². The molecule has 0 unspecified atom stereocenters. The Kier molecular flexibility index (Phi) is 3.46. The van der Waals surface area contributed by atoms with Gasteiger partial charge in [-0.25, -0.2) is 4.79 Å². The average molecular weight is 282 g/mol. The molecule has 3 aromatic rings. The van der Waals surface area contributed by atoms with E-state index in [1.54, 1.807) is 43.5 Å². The normalized spacial score (nSPS) is 10.8. The van der Waals surface area contributed by atoms with E-state index in [0.717, 1.165) is 16.5 Å². The topological polar surface area (TPSA) is 59.7 Å². The third-order valence-electron chi connectivity index (χ3n) is 3.39. The molecule has 0 aliphatic heterocycles. The fourth-order valence-electron chi connectivity index (χ4n) is 2.21. The molecule has 3 rings (SSSR count). The lowest BCUT2D eigenvalue weighted by atomic mass is 10.0. The molecule has 0 aliphatic rings. The number of ether oxygens (including phenoxy) is 1. The van der Waals surface area contributed by atoms with Crippen molar-refractivity contribution in [2.24, 2.45) is 0 Å². The third kappa shape index (κ3) is 2.53. The van der Waals surface area contributed by atoms with Crippen LogP contribution in [0.15, 0.2) is 57.7 Å². The molecule has 0 bridgehead atoms. The molecule has 0 spiro atoms. The molecule has 0 saturated carbocycles. The molecule has 0 aliphatic carbocycles. The van der Waals surface area contributed by atoms with Crippen molar-refractivity contribution in [1.29, 1.82) is 0 Å². The van der Waals surface area contributed by atoms with Crippen molar-refractivity contribution < 1.29 is 14.3 Å². The van der Waals surface area contributed by atoms with Crippen molar-refractivity contribution in [1.82, 2.24) is 0 Å². The zero-order valence-electron chi connectivity index (χ0n) is 11.5. The highest BCUT2D eigenvalue weighted by molar-refractivity contribution is 5.82. The number of hydrogen-bond acceptors (Lipinski definition) is 4. The molecule has 1 N–H and O–H groups in total. The fraction of sp³-hybridized carbons (Fsp3) is 0.118. The second-order valence-corrected chi connectivity index (χ2v) is 4.71. The molecule has 2 aromatic carbocycles. The summed E-state index contributed by atoms with van der Waals surface area (Å²) in [6.07, 6.45) is 0. The molecule has 4 heteroatoms. The summed E-state index contributed by atoms with van der Waals surface area (Å²) in [6.45, 7) is -0.0214. The van der Waals surface area contributed by atoms with Crippen molar-refractivity contribution in [3.63, 3.8) is 0 Å². The van der Waals surface area contributed by atoms with Crippen LogP contribution in [0.25, 0.3) is 22.1 Å². The minimum atomic E-state index is -0.396. The van der Waals surface area contributed by atoms with Gasteiger partial charge in [0.05, 0.1) is 19.3 Å². The van der Waals surface area contributed by atoms with E-state index in [1.165, 1.54) is 0 Å². The predicted molar refractivity (Wildman–Crippen MR) is 80.4 cm³/mol. The summed E-state index contributed by atoms with van der Waals surface area (Å²) in [5.41, 5.74) is 2.16. The van der Waals surface area contributed by atoms with Gasteiger partial charge in [-0.3, -0.25) is 0 Å². The monoisotopic (exact) mass is 282 g/mol. The first-order valence-corrected chi connectivity index (χ1v) is 6.53. The zero-order valence-corrected chi connectivity index (χ0v) is 11.5. The summed E-state index contributed by atoms with van der Waals surface area (Å²) in [7, 11) is 1.57. The minimum absolute atomic E-state index is 0.0214. The van der Waals surface area contributed by atoms with Crippen LogP contribution in [0.4, 0.5) is 0 Å². The summed E-state index contributed by atoms with van der Waals surface area (Å²) in [5, 5.41) is 9.88. The van der Waals surface area contributed by atoms with Gasteiger partial charge < -0.3 is 14.3 Å². The zero-order chi connectivity index (χ0) is 14.8. The Hall–Kier alpha value is -2.59. The summed E-state index contributed by atoms with van der Waals surface area (Å²) >= 11 is 0. The summed E-state index contributed by atoms with van der Waals surface area (Å²) in [4.78, 5) is 12.1. The molecular weight excluding hydrogens is 268 g/mol. The van der Waals surface area contributed by atoms with E-state index < -0.39 is 5.63 Å². The summed E-state index contributed by atoms with van der Waals surface area (Å²) in [6, 6.07) is 14.3. The molecule has 0 amide bonds. The standard InChI is InChI=1S/C17H14O4/c1-20-14-7-6-13-8-15(17(19)21-16(13)9-14)12-4-2-11(10-18)3-5-12/h2-9,18H,10H2,1H3. The number of fused-ring (bicyclic) bond motifs is 1. The highest BCUT2D eigenvalue weighted by atomic mass is 16.5. The summed E-state index contributed by atoms with van der Waals surface area (Å²) < 4.78 is 10.5. The van der Waals surface area contributed by atoms with Gasteiger partial charge in [0.25, 0.3) is 0 Å². The van der Waals surface area contributed by atoms with Gasteiger partial charge in [-0.2, -0.15) is 0 Å². The van der Waals surface area contributed by atoms with E-state index in [9.17, 15) is 4.79 Å². The molecule has 21 heavy (non-hydrogen) atoms. The van der Waals surface area contributed by atoms with Crippen LogP contribution in [0, 0.1) is 0 Å². The highest BCUT2D eigenvalue weighted by Crippen LogP contribution is 2.24. The average Bonchev–Trinajstić information content (AvgIpc) is 2.53. The van der Waals surface area contributed by atoms with Gasteiger partial charge in [-0.15, -0.1) is 0 Å². The molecule has 1 aromatic heterocycles. The SMILES string of the molecule is COc1ccc2cc(-c3ccc(CO)cc3)c(=O)oc2c1. The third-order valence-corrected chi connectivity index (χ3v) is 3.39. The van der Waals surface area contributed by atoms with Crippen LogP contribution in [0.3, 0.4) is 0 Å². The first-order chi connectivity index (χ1) is 10.2. The molecule has 0 radical (unpaired) electrons. The van der Waals surface area contributed by atoms with E-state index in [0.29, 0.717) is 16.9 Å². The highest BCUT2D eigenvalue weighted by Gasteiger charge is 2.08. The van der Waals surface area contributed by atoms with E-state index in [1.807, 2.05) is 12.1 Å². The summed E-state index contributed by atoms with van der Waals surface area (Å²) in [5.74, 6) is 0.644. The first-order valence-electron chi connectivity index (χ1n) is 6.53. The fourth-order valence-corrected chi connectivity index (χ4v) is 2.21. The number of aliphatic hydroxyl groups excluding tert-OH is 1. The quantitative estimate of drug-likeness (QED) is 0.750. The van der Waals surface area contributed by atoms with Crippen molar-refractivity contribution in [2.45, 2.75) is 6.61 Å². The van der Waals surface area contributed by atoms with E-state index in [2.05, 4.69) is 0 Å². The lowest BCUT2D eigenvalue weighted by Crippen LogP contribution is -2.02. The Morgan fingerprint density at radius 1 is 1.10 bits per heavy atom. The Morgan fingerprint density at radius 3 is 2.52 bits per heavy atom. The van der Waals surface area contributed by atoms with Gasteiger partial charge in [0.2, 0.25) is 0 Å². The number of rotatable bonds is 3.